The summed E-state index contributed by atoms with van der Waals surface area (Å²) < 4.78 is 0. The van der Waals surface area contributed by atoms with Gasteiger partial charge in [-0.15, -0.1) is 0 Å². The van der Waals surface area contributed by atoms with Crippen LogP contribution < -0.4 is 0 Å². The monoisotopic (exact) mass is 155 g/mol. The number of rotatable bonds is 2. The highest BCUT2D eigenvalue weighted by Crippen LogP contribution is 2.27. The van der Waals surface area contributed by atoms with E-state index in [0.717, 1.165) is 5.92 Å². The topological polar surface area (TPSA) is 3.24 Å². The van der Waals surface area contributed by atoms with E-state index >= 15 is 0 Å². The van der Waals surface area contributed by atoms with Crippen molar-refractivity contribution in [2.24, 2.45) is 11.3 Å². The van der Waals surface area contributed by atoms with E-state index in [1.807, 2.05) is 0 Å². The Kier molecular flexibility index (Phi) is 2.58. The SMILES string of the molecule is CN1CC(CCC(C)(C)C)C1. The van der Waals surface area contributed by atoms with Crippen molar-refractivity contribution in [3.63, 3.8) is 0 Å². The Morgan fingerprint density at radius 2 is 1.82 bits per heavy atom. The van der Waals surface area contributed by atoms with Crippen molar-refractivity contribution in [3.05, 3.63) is 0 Å². The molecule has 66 valence electrons. The van der Waals surface area contributed by atoms with Gasteiger partial charge in [0.25, 0.3) is 0 Å². The molecule has 0 unspecified atom stereocenters. The van der Waals surface area contributed by atoms with Crippen molar-refractivity contribution in [1.29, 1.82) is 0 Å². The fourth-order valence-corrected chi connectivity index (χ4v) is 1.65. The van der Waals surface area contributed by atoms with Crippen LogP contribution in [0.3, 0.4) is 0 Å². The van der Waals surface area contributed by atoms with Gasteiger partial charge in [-0.3, -0.25) is 0 Å². The highest BCUT2D eigenvalue weighted by molar-refractivity contribution is 4.78. The van der Waals surface area contributed by atoms with E-state index in [1.54, 1.807) is 0 Å². The van der Waals surface area contributed by atoms with Crippen molar-refractivity contribution >= 4 is 0 Å². The van der Waals surface area contributed by atoms with Gasteiger partial charge in [0.05, 0.1) is 0 Å². The first-order valence-electron chi connectivity index (χ1n) is 4.66. The lowest BCUT2D eigenvalue weighted by Gasteiger charge is -2.37. The van der Waals surface area contributed by atoms with Crippen LogP contribution in [0.15, 0.2) is 0 Å². The Hall–Kier alpha value is -0.0400. The Bertz CT molecular complexity index is 117. The van der Waals surface area contributed by atoms with Gasteiger partial charge in [-0.2, -0.15) is 0 Å². The van der Waals surface area contributed by atoms with E-state index < -0.39 is 0 Å². The maximum absolute atomic E-state index is 2.40. The number of nitrogens with zero attached hydrogens (tertiary/aromatic N) is 1. The van der Waals surface area contributed by atoms with Gasteiger partial charge >= 0.3 is 0 Å². The quantitative estimate of drug-likeness (QED) is 0.592. The van der Waals surface area contributed by atoms with E-state index in [9.17, 15) is 0 Å². The minimum Gasteiger partial charge on any atom is -0.306 e. The van der Waals surface area contributed by atoms with Crippen LogP contribution in [-0.2, 0) is 0 Å². The first-order valence-corrected chi connectivity index (χ1v) is 4.66. The molecule has 0 aromatic heterocycles. The minimum absolute atomic E-state index is 0.536. The molecule has 0 aromatic rings. The predicted molar refractivity (Wildman–Crippen MR) is 49.7 cm³/mol. The van der Waals surface area contributed by atoms with Crippen LogP contribution in [0, 0.1) is 11.3 Å². The molecule has 1 aliphatic rings. The number of hydrogen-bond donors (Lipinski definition) is 0. The Balaban J connectivity index is 2.05. The maximum atomic E-state index is 2.40. The summed E-state index contributed by atoms with van der Waals surface area (Å²) in [5.74, 6) is 0.999. The molecule has 0 aliphatic carbocycles. The van der Waals surface area contributed by atoms with E-state index in [4.69, 9.17) is 0 Å². The smallest absolute Gasteiger partial charge is 0.00190 e. The molecule has 11 heavy (non-hydrogen) atoms. The molecule has 1 rings (SSSR count). The van der Waals surface area contributed by atoms with Crippen LogP contribution >= 0.6 is 0 Å². The van der Waals surface area contributed by atoms with Gasteiger partial charge in [0.15, 0.2) is 0 Å². The van der Waals surface area contributed by atoms with Crippen LogP contribution in [-0.4, -0.2) is 25.0 Å². The normalized spacial score (nSPS) is 21.8. The molecule has 0 bridgehead atoms. The zero-order valence-corrected chi connectivity index (χ0v) is 8.35. The summed E-state index contributed by atoms with van der Waals surface area (Å²) >= 11 is 0. The highest BCUT2D eigenvalue weighted by atomic mass is 15.2. The standard InChI is InChI=1S/C10H21N/c1-10(2,3)6-5-9-7-11(4)8-9/h9H,5-8H2,1-4H3. The van der Waals surface area contributed by atoms with Gasteiger partial charge in [-0.25, -0.2) is 0 Å². The van der Waals surface area contributed by atoms with Gasteiger partial charge in [0.2, 0.25) is 0 Å². The summed E-state index contributed by atoms with van der Waals surface area (Å²) in [7, 11) is 2.20. The third-order valence-electron chi connectivity index (χ3n) is 2.44. The Morgan fingerprint density at radius 3 is 2.18 bits per heavy atom. The van der Waals surface area contributed by atoms with E-state index in [2.05, 4.69) is 32.7 Å². The van der Waals surface area contributed by atoms with Gasteiger partial charge in [-0.1, -0.05) is 20.8 Å². The second-order valence-corrected chi connectivity index (χ2v) is 5.19. The first kappa shape index (κ1) is 9.05. The molecule has 0 N–H and O–H groups in total. The number of likely N-dealkylation sites (tertiary alicyclic amines) is 1. The lowest BCUT2D eigenvalue weighted by Crippen LogP contribution is -2.43. The summed E-state index contributed by atoms with van der Waals surface area (Å²) in [5.41, 5.74) is 0.536. The van der Waals surface area contributed by atoms with Crippen LogP contribution in [0.25, 0.3) is 0 Å². The summed E-state index contributed by atoms with van der Waals surface area (Å²) in [4.78, 5) is 2.40. The molecule has 1 heteroatoms. The van der Waals surface area contributed by atoms with E-state index in [1.165, 1.54) is 25.9 Å². The molecule has 1 heterocycles. The summed E-state index contributed by atoms with van der Waals surface area (Å²) in [6, 6.07) is 0. The summed E-state index contributed by atoms with van der Waals surface area (Å²) in [5, 5.41) is 0. The lowest BCUT2D eigenvalue weighted by molar-refractivity contribution is 0.114. The molecule has 0 radical (unpaired) electrons. The van der Waals surface area contributed by atoms with Crippen LogP contribution in [0.4, 0.5) is 0 Å². The zero-order valence-electron chi connectivity index (χ0n) is 8.35. The molecule has 1 saturated heterocycles. The molecular weight excluding hydrogens is 134 g/mol. The van der Waals surface area contributed by atoms with E-state index in [-0.39, 0.29) is 0 Å². The Morgan fingerprint density at radius 1 is 1.27 bits per heavy atom. The second kappa shape index (κ2) is 3.14. The predicted octanol–water partition coefficient (Wildman–Crippen LogP) is 2.37. The average molecular weight is 155 g/mol. The molecule has 1 aliphatic heterocycles. The third kappa shape index (κ3) is 3.24. The highest BCUT2D eigenvalue weighted by Gasteiger charge is 2.24. The van der Waals surface area contributed by atoms with Crippen LogP contribution in [0.1, 0.15) is 33.6 Å². The van der Waals surface area contributed by atoms with Crippen LogP contribution in [0.2, 0.25) is 0 Å². The molecular formula is C10H21N. The lowest BCUT2D eigenvalue weighted by atomic mass is 9.84. The Labute approximate surface area is 70.8 Å². The average Bonchev–Trinajstić information content (AvgIpc) is 1.75. The largest absolute Gasteiger partial charge is 0.306 e. The minimum atomic E-state index is 0.536. The fourth-order valence-electron chi connectivity index (χ4n) is 1.65. The van der Waals surface area contributed by atoms with Gasteiger partial charge in [-0.05, 0) is 31.2 Å². The molecule has 0 amide bonds. The van der Waals surface area contributed by atoms with Gasteiger partial charge < -0.3 is 4.90 Å². The van der Waals surface area contributed by atoms with Crippen molar-refractivity contribution in [3.8, 4) is 0 Å². The van der Waals surface area contributed by atoms with Crippen LogP contribution in [0.5, 0.6) is 0 Å². The van der Waals surface area contributed by atoms with Crippen molar-refractivity contribution in [1.82, 2.24) is 4.90 Å². The molecule has 0 spiro atoms. The summed E-state index contributed by atoms with van der Waals surface area (Å²) in [6.07, 6.45) is 2.80. The van der Waals surface area contributed by atoms with Crippen molar-refractivity contribution in [2.75, 3.05) is 20.1 Å². The van der Waals surface area contributed by atoms with Crippen molar-refractivity contribution < 1.29 is 0 Å². The molecule has 0 aromatic carbocycles. The third-order valence-corrected chi connectivity index (χ3v) is 2.44. The fraction of sp³-hybridized carbons (Fsp3) is 1.00. The molecule has 0 saturated carbocycles. The molecule has 1 nitrogen and oxygen atoms in total. The molecule has 1 fully saturated rings. The molecule has 0 atom stereocenters. The van der Waals surface area contributed by atoms with Gasteiger partial charge in [0, 0.05) is 13.1 Å². The van der Waals surface area contributed by atoms with E-state index in [0.29, 0.717) is 5.41 Å². The first-order chi connectivity index (χ1) is 4.97. The zero-order chi connectivity index (χ0) is 8.48. The second-order valence-electron chi connectivity index (χ2n) is 5.19. The number of hydrogen-bond acceptors (Lipinski definition) is 1. The maximum Gasteiger partial charge on any atom is 0.00190 e. The van der Waals surface area contributed by atoms with Crippen molar-refractivity contribution in [2.45, 2.75) is 33.6 Å². The summed E-state index contributed by atoms with van der Waals surface area (Å²) in [6.45, 7) is 9.65. The van der Waals surface area contributed by atoms with Gasteiger partial charge in [0.1, 0.15) is 0 Å².